The van der Waals surface area contributed by atoms with E-state index in [0.717, 1.165) is 5.82 Å². The van der Waals surface area contributed by atoms with Gasteiger partial charge in [0.05, 0.1) is 0 Å². The summed E-state index contributed by atoms with van der Waals surface area (Å²) in [5, 5.41) is 0. The summed E-state index contributed by atoms with van der Waals surface area (Å²) in [6, 6.07) is 5.72. The third-order valence-corrected chi connectivity index (χ3v) is 1.28. The fourth-order valence-electron chi connectivity index (χ4n) is 0.702. The molecule has 66 valence electrons. The second kappa shape index (κ2) is 5.71. The van der Waals surface area contributed by atoms with Gasteiger partial charge >= 0.3 is 0 Å². The van der Waals surface area contributed by atoms with Crippen LogP contribution in [0.4, 0.5) is 0 Å². The summed E-state index contributed by atoms with van der Waals surface area (Å²) >= 11 is 0. The lowest BCUT2D eigenvalue weighted by atomic mass is 10.5. The molecule has 13 heavy (non-hydrogen) atoms. The molecule has 0 unspecified atom stereocenters. The van der Waals surface area contributed by atoms with Crippen molar-refractivity contribution >= 4 is 6.08 Å². The van der Waals surface area contributed by atoms with Crippen molar-refractivity contribution in [3.05, 3.63) is 55.4 Å². The first-order valence-corrected chi connectivity index (χ1v) is 3.90. The summed E-state index contributed by atoms with van der Waals surface area (Å²) in [7, 11) is 0. The molecule has 0 bridgehead atoms. The number of imidazole rings is 1. The van der Waals surface area contributed by atoms with Crippen LogP contribution in [0.15, 0.2) is 49.6 Å². The van der Waals surface area contributed by atoms with Gasteiger partial charge in [-0.15, -0.1) is 0 Å². The standard InChI is InChI=1S/C5H6N2.C5H5N/c1-2-5-6-3-4-7-5;1-2-4-6-5-3-1/h2-4H,1H2,(H,6,7);1-5H. The van der Waals surface area contributed by atoms with Gasteiger partial charge in [-0.2, -0.15) is 0 Å². The van der Waals surface area contributed by atoms with E-state index < -0.39 is 0 Å². The Balaban J connectivity index is 0.000000132. The minimum absolute atomic E-state index is 0.819. The smallest absolute Gasteiger partial charge is 0.129 e. The van der Waals surface area contributed by atoms with Crippen molar-refractivity contribution in [3.63, 3.8) is 0 Å². The number of nitrogens with zero attached hydrogens (tertiary/aromatic N) is 2. The summed E-state index contributed by atoms with van der Waals surface area (Å²) in [5.41, 5.74) is 0. The van der Waals surface area contributed by atoms with Crippen molar-refractivity contribution in [2.24, 2.45) is 0 Å². The SMILES string of the molecule is C=Cc1ncc[nH]1.c1ccncc1. The topological polar surface area (TPSA) is 41.6 Å². The third-order valence-electron chi connectivity index (χ3n) is 1.28. The second-order valence-corrected chi connectivity index (χ2v) is 2.20. The van der Waals surface area contributed by atoms with Gasteiger partial charge in [0.25, 0.3) is 0 Å². The van der Waals surface area contributed by atoms with E-state index in [9.17, 15) is 0 Å². The maximum atomic E-state index is 3.86. The minimum atomic E-state index is 0.819. The van der Waals surface area contributed by atoms with E-state index in [1.807, 2.05) is 18.2 Å². The number of rotatable bonds is 1. The number of aromatic amines is 1. The molecular formula is C10H11N3. The van der Waals surface area contributed by atoms with Gasteiger partial charge in [-0.3, -0.25) is 4.98 Å². The van der Waals surface area contributed by atoms with Crippen LogP contribution in [0.1, 0.15) is 5.82 Å². The number of hydrogen-bond donors (Lipinski definition) is 1. The molecule has 0 fully saturated rings. The summed E-state index contributed by atoms with van der Waals surface area (Å²) in [6.45, 7) is 3.51. The van der Waals surface area contributed by atoms with Crippen molar-refractivity contribution in [1.29, 1.82) is 0 Å². The Morgan fingerprint density at radius 3 is 2.15 bits per heavy atom. The van der Waals surface area contributed by atoms with E-state index in [4.69, 9.17) is 0 Å². The Bertz CT molecular complexity index is 286. The minimum Gasteiger partial charge on any atom is -0.345 e. The lowest BCUT2D eigenvalue weighted by Gasteiger charge is -1.73. The molecule has 0 aliphatic carbocycles. The zero-order chi connectivity index (χ0) is 9.36. The molecule has 3 heteroatoms. The molecular weight excluding hydrogens is 162 g/mol. The van der Waals surface area contributed by atoms with Crippen molar-refractivity contribution in [3.8, 4) is 0 Å². The van der Waals surface area contributed by atoms with Crippen LogP contribution in [0, 0.1) is 0 Å². The number of pyridine rings is 1. The first kappa shape index (κ1) is 9.19. The molecule has 2 aromatic heterocycles. The predicted molar refractivity (Wildman–Crippen MR) is 52.9 cm³/mol. The van der Waals surface area contributed by atoms with E-state index >= 15 is 0 Å². The maximum absolute atomic E-state index is 3.86. The molecule has 0 atom stereocenters. The molecule has 0 saturated carbocycles. The van der Waals surface area contributed by atoms with Crippen molar-refractivity contribution in [2.75, 3.05) is 0 Å². The first-order valence-electron chi connectivity index (χ1n) is 3.90. The van der Waals surface area contributed by atoms with Crippen LogP contribution in [-0.2, 0) is 0 Å². The zero-order valence-electron chi connectivity index (χ0n) is 7.22. The quantitative estimate of drug-likeness (QED) is 0.717. The van der Waals surface area contributed by atoms with Gasteiger partial charge in [-0.05, 0) is 18.2 Å². The molecule has 0 aromatic carbocycles. The number of H-pyrrole nitrogens is 1. The van der Waals surface area contributed by atoms with Crippen LogP contribution in [-0.4, -0.2) is 15.0 Å². The highest BCUT2D eigenvalue weighted by molar-refractivity contribution is 5.34. The van der Waals surface area contributed by atoms with E-state index in [0.29, 0.717) is 0 Å². The highest BCUT2D eigenvalue weighted by Crippen LogP contribution is 1.86. The maximum Gasteiger partial charge on any atom is 0.129 e. The fraction of sp³-hybridized carbons (Fsp3) is 0. The Hall–Kier alpha value is -1.90. The van der Waals surface area contributed by atoms with Crippen LogP contribution in [0.5, 0.6) is 0 Å². The molecule has 0 radical (unpaired) electrons. The largest absolute Gasteiger partial charge is 0.345 e. The molecule has 0 spiro atoms. The van der Waals surface area contributed by atoms with Crippen LogP contribution in [0.3, 0.4) is 0 Å². The third kappa shape index (κ3) is 3.86. The Kier molecular flexibility index (Phi) is 4.04. The Morgan fingerprint density at radius 1 is 1.15 bits per heavy atom. The lowest BCUT2D eigenvalue weighted by molar-refractivity contribution is 1.27. The fourth-order valence-corrected chi connectivity index (χ4v) is 0.702. The van der Waals surface area contributed by atoms with Gasteiger partial charge in [0.15, 0.2) is 0 Å². The Morgan fingerprint density at radius 2 is 1.92 bits per heavy atom. The number of nitrogens with one attached hydrogen (secondary N) is 1. The lowest BCUT2D eigenvalue weighted by Crippen LogP contribution is -1.67. The number of hydrogen-bond acceptors (Lipinski definition) is 2. The molecule has 2 heterocycles. The molecule has 0 aliphatic heterocycles. The van der Waals surface area contributed by atoms with Gasteiger partial charge < -0.3 is 4.98 Å². The molecule has 0 saturated heterocycles. The summed E-state index contributed by atoms with van der Waals surface area (Å²) in [4.78, 5) is 10.5. The molecule has 2 aromatic rings. The summed E-state index contributed by atoms with van der Waals surface area (Å²) in [6.07, 6.45) is 8.62. The van der Waals surface area contributed by atoms with Crippen molar-refractivity contribution in [1.82, 2.24) is 15.0 Å². The van der Waals surface area contributed by atoms with Gasteiger partial charge in [0.1, 0.15) is 5.82 Å². The normalized spacial score (nSPS) is 8.31. The van der Waals surface area contributed by atoms with Crippen LogP contribution in [0.25, 0.3) is 6.08 Å². The van der Waals surface area contributed by atoms with Crippen LogP contribution >= 0.6 is 0 Å². The van der Waals surface area contributed by atoms with E-state index in [2.05, 4.69) is 21.5 Å². The zero-order valence-corrected chi connectivity index (χ0v) is 7.22. The van der Waals surface area contributed by atoms with Crippen molar-refractivity contribution < 1.29 is 0 Å². The van der Waals surface area contributed by atoms with Crippen LogP contribution in [0.2, 0.25) is 0 Å². The van der Waals surface area contributed by atoms with Gasteiger partial charge in [0, 0.05) is 24.8 Å². The second-order valence-electron chi connectivity index (χ2n) is 2.20. The molecule has 0 amide bonds. The average Bonchev–Trinajstić information content (AvgIpc) is 2.74. The monoisotopic (exact) mass is 173 g/mol. The Labute approximate surface area is 77.2 Å². The van der Waals surface area contributed by atoms with E-state index in [1.54, 1.807) is 30.9 Å². The van der Waals surface area contributed by atoms with Crippen LogP contribution < -0.4 is 0 Å². The predicted octanol–water partition coefficient (Wildman–Crippen LogP) is 2.13. The van der Waals surface area contributed by atoms with Gasteiger partial charge in [-0.25, -0.2) is 4.98 Å². The summed E-state index contributed by atoms with van der Waals surface area (Å²) < 4.78 is 0. The van der Waals surface area contributed by atoms with Gasteiger partial charge in [0.2, 0.25) is 0 Å². The molecule has 3 nitrogen and oxygen atoms in total. The molecule has 0 aliphatic rings. The van der Waals surface area contributed by atoms with Crippen molar-refractivity contribution in [2.45, 2.75) is 0 Å². The average molecular weight is 173 g/mol. The van der Waals surface area contributed by atoms with Gasteiger partial charge in [-0.1, -0.05) is 12.6 Å². The van der Waals surface area contributed by atoms with E-state index in [-0.39, 0.29) is 0 Å². The highest BCUT2D eigenvalue weighted by atomic mass is 14.9. The first-order chi connectivity index (χ1) is 6.43. The van der Waals surface area contributed by atoms with E-state index in [1.165, 1.54) is 0 Å². The summed E-state index contributed by atoms with van der Waals surface area (Å²) in [5.74, 6) is 0.819. The number of aromatic nitrogens is 3. The molecule has 2 rings (SSSR count). The highest BCUT2D eigenvalue weighted by Gasteiger charge is 1.78. The molecule has 1 N–H and O–H groups in total.